The molecule has 1 N–H and O–H groups in total. The van der Waals surface area contributed by atoms with Crippen LogP contribution in [-0.2, 0) is 24.9 Å². The SMILES string of the molecule is CC(C)(C)n1nc(CCc2ccccc2)nc1Cn1ccc(=O)[nH]c1=O. The third-order valence-electron chi connectivity index (χ3n) is 4.04. The highest BCUT2D eigenvalue weighted by molar-refractivity contribution is 5.15. The summed E-state index contributed by atoms with van der Waals surface area (Å²) >= 11 is 0. The van der Waals surface area contributed by atoms with Crippen molar-refractivity contribution in [3.8, 4) is 0 Å². The Hall–Kier alpha value is -2.96. The molecule has 0 aliphatic carbocycles. The number of aromatic nitrogens is 5. The Labute approximate surface area is 151 Å². The van der Waals surface area contributed by atoms with Crippen LogP contribution in [0.15, 0.2) is 52.2 Å². The van der Waals surface area contributed by atoms with Crippen molar-refractivity contribution < 1.29 is 0 Å². The first-order valence-electron chi connectivity index (χ1n) is 8.62. The summed E-state index contributed by atoms with van der Waals surface area (Å²) in [5, 5.41) is 4.66. The first-order valence-corrected chi connectivity index (χ1v) is 8.62. The van der Waals surface area contributed by atoms with E-state index in [1.54, 1.807) is 0 Å². The summed E-state index contributed by atoms with van der Waals surface area (Å²) in [7, 11) is 0. The second-order valence-corrected chi connectivity index (χ2v) is 7.25. The summed E-state index contributed by atoms with van der Waals surface area (Å²) < 4.78 is 3.28. The van der Waals surface area contributed by atoms with Crippen LogP contribution >= 0.6 is 0 Å². The zero-order valence-electron chi connectivity index (χ0n) is 15.3. The smallest absolute Gasteiger partial charge is 0.293 e. The Morgan fingerprint density at radius 1 is 1.04 bits per heavy atom. The zero-order valence-corrected chi connectivity index (χ0v) is 15.3. The third-order valence-corrected chi connectivity index (χ3v) is 4.04. The van der Waals surface area contributed by atoms with Gasteiger partial charge in [-0.15, -0.1) is 0 Å². The maximum Gasteiger partial charge on any atom is 0.328 e. The maximum absolute atomic E-state index is 12.0. The zero-order chi connectivity index (χ0) is 18.7. The normalized spacial score (nSPS) is 11.7. The summed E-state index contributed by atoms with van der Waals surface area (Å²) in [5.41, 5.74) is 0.107. The van der Waals surface area contributed by atoms with Gasteiger partial charge in [-0.3, -0.25) is 14.3 Å². The van der Waals surface area contributed by atoms with Gasteiger partial charge in [0.1, 0.15) is 5.82 Å². The van der Waals surface area contributed by atoms with E-state index in [2.05, 4.69) is 27.2 Å². The van der Waals surface area contributed by atoms with E-state index < -0.39 is 11.2 Å². The lowest BCUT2D eigenvalue weighted by Gasteiger charge is -2.21. The van der Waals surface area contributed by atoms with Crippen molar-refractivity contribution in [3.05, 3.63) is 80.6 Å². The summed E-state index contributed by atoms with van der Waals surface area (Å²) in [4.78, 5) is 30.1. The number of aromatic amines is 1. The minimum absolute atomic E-state index is 0.255. The van der Waals surface area contributed by atoms with Gasteiger partial charge < -0.3 is 0 Å². The van der Waals surface area contributed by atoms with Crippen LogP contribution in [0.2, 0.25) is 0 Å². The number of benzene rings is 1. The predicted octanol–water partition coefficient (Wildman–Crippen LogP) is 1.72. The monoisotopic (exact) mass is 353 g/mol. The van der Waals surface area contributed by atoms with Crippen LogP contribution in [0.4, 0.5) is 0 Å². The molecule has 136 valence electrons. The standard InChI is InChI=1S/C19H23N5O2/c1-19(2,3)24-16(13-23-12-11-17(25)21-18(23)26)20-15(22-24)10-9-14-7-5-4-6-8-14/h4-8,11-12H,9-10,13H2,1-3H3,(H,21,25,26). The average molecular weight is 353 g/mol. The van der Waals surface area contributed by atoms with Crippen LogP contribution in [0.1, 0.15) is 38.0 Å². The average Bonchev–Trinajstić information content (AvgIpc) is 3.00. The number of H-pyrrole nitrogens is 1. The second kappa shape index (κ2) is 7.11. The molecule has 0 fully saturated rings. The number of aryl methyl sites for hydroxylation is 2. The topological polar surface area (TPSA) is 85.6 Å². The molecule has 2 heterocycles. The van der Waals surface area contributed by atoms with Crippen LogP contribution in [0.25, 0.3) is 0 Å². The summed E-state index contributed by atoms with van der Waals surface area (Å²) in [6, 6.07) is 11.5. The Morgan fingerprint density at radius 3 is 2.42 bits per heavy atom. The van der Waals surface area contributed by atoms with Gasteiger partial charge in [0.15, 0.2) is 5.82 Å². The first-order chi connectivity index (χ1) is 12.3. The van der Waals surface area contributed by atoms with Gasteiger partial charge in [-0.2, -0.15) is 5.10 Å². The molecule has 3 aromatic rings. The molecule has 1 aromatic carbocycles. The summed E-state index contributed by atoms with van der Waals surface area (Å²) in [6.45, 7) is 6.39. The molecule has 0 bridgehead atoms. The van der Waals surface area contributed by atoms with Gasteiger partial charge in [-0.05, 0) is 32.8 Å². The van der Waals surface area contributed by atoms with E-state index in [-0.39, 0.29) is 12.1 Å². The van der Waals surface area contributed by atoms with Crippen LogP contribution in [0, 0.1) is 0 Å². The van der Waals surface area contributed by atoms with Crippen LogP contribution in [0.5, 0.6) is 0 Å². The largest absolute Gasteiger partial charge is 0.328 e. The Balaban J connectivity index is 1.87. The molecule has 3 rings (SSSR count). The van der Waals surface area contributed by atoms with E-state index in [9.17, 15) is 9.59 Å². The maximum atomic E-state index is 12.0. The molecule has 0 spiro atoms. The lowest BCUT2D eigenvalue weighted by molar-refractivity contribution is 0.336. The molecule has 0 amide bonds. The molecular weight excluding hydrogens is 330 g/mol. The van der Waals surface area contributed by atoms with Gasteiger partial charge in [0.2, 0.25) is 0 Å². The molecule has 0 radical (unpaired) electrons. The number of rotatable bonds is 5. The second-order valence-electron chi connectivity index (χ2n) is 7.25. The number of hydrogen-bond acceptors (Lipinski definition) is 4. The molecule has 0 unspecified atom stereocenters. The summed E-state index contributed by atoms with van der Waals surface area (Å²) in [5.74, 6) is 1.44. The minimum atomic E-state index is -0.452. The number of hydrogen-bond donors (Lipinski definition) is 1. The van der Waals surface area contributed by atoms with Crippen molar-refractivity contribution in [2.24, 2.45) is 0 Å². The van der Waals surface area contributed by atoms with E-state index in [4.69, 9.17) is 0 Å². The fourth-order valence-corrected chi connectivity index (χ4v) is 2.76. The number of nitrogens with one attached hydrogen (secondary N) is 1. The molecule has 7 heteroatoms. The van der Waals surface area contributed by atoms with Crippen LogP contribution < -0.4 is 11.2 Å². The van der Waals surface area contributed by atoms with Crippen molar-refractivity contribution in [2.45, 2.75) is 45.7 Å². The Kier molecular flexibility index (Phi) is 4.88. The molecule has 7 nitrogen and oxygen atoms in total. The number of nitrogens with zero attached hydrogens (tertiary/aromatic N) is 4. The van der Waals surface area contributed by atoms with Crippen molar-refractivity contribution in [1.82, 2.24) is 24.3 Å². The molecular formula is C19H23N5O2. The molecule has 0 aliphatic heterocycles. The predicted molar refractivity (Wildman–Crippen MR) is 99.3 cm³/mol. The lowest BCUT2D eigenvalue weighted by Crippen LogP contribution is -2.32. The highest BCUT2D eigenvalue weighted by atomic mass is 16.2. The van der Waals surface area contributed by atoms with E-state index >= 15 is 0 Å². The molecule has 26 heavy (non-hydrogen) atoms. The van der Waals surface area contributed by atoms with Gasteiger partial charge in [-0.25, -0.2) is 14.5 Å². The highest BCUT2D eigenvalue weighted by Crippen LogP contribution is 2.16. The quantitative estimate of drug-likeness (QED) is 0.757. The van der Waals surface area contributed by atoms with Crippen molar-refractivity contribution in [1.29, 1.82) is 0 Å². The van der Waals surface area contributed by atoms with Gasteiger partial charge in [0.25, 0.3) is 5.56 Å². The van der Waals surface area contributed by atoms with Crippen molar-refractivity contribution in [2.75, 3.05) is 0 Å². The van der Waals surface area contributed by atoms with E-state index in [0.717, 1.165) is 18.7 Å². The van der Waals surface area contributed by atoms with Crippen molar-refractivity contribution in [3.63, 3.8) is 0 Å². The Morgan fingerprint density at radius 2 is 1.77 bits per heavy atom. The van der Waals surface area contributed by atoms with Gasteiger partial charge >= 0.3 is 5.69 Å². The lowest BCUT2D eigenvalue weighted by atomic mass is 10.1. The first kappa shape index (κ1) is 17.8. The molecule has 0 aliphatic rings. The third kappa shape index (κ3) is 4.17. The minimum Gasteiger partial charge on any atom is -0.293 e. The molecule has 0 saturated carbocycles. The van der Waals surface area contributed by atoms with Crippen LogP contribution in [-0.4, -0.2) is 24.3 Å². The van der Waals surface area contributed by atoms with Gasteiger partial charge in [0.05, 0.1) is 12.1 Å². The van der Waals surface area contributed by atoms with E-state index in [1.807, 2.05) is 43.7 Å². The molecule has 0 atom stereocenters. The van der Waals surface area contributed by atoms with Gasteiger partial charge in [-0.1, -0.05) is 30.3 Å². The van der Waals surface area contributed by atoms with E-state index in [1.165, 1.54) is 22.4 Å². The Bertz CT molecular complexity index is 993. The van der Waals surface area contributed by atoms with E-state index in [0.29, 0.717) is 5.82 Å². The van der Waals surface area contributed by atoms with Crippen molar-refractivity contribution >= 4 is 0 Å². The fourth-order valence-electron chi connectivity index (χ4n) is 2.76. The van der Waals surface area contributed by atoms with Crippen LogP contribution in [0.3, 0.4) is 0 Å². The van der Waals surface area contributed by atoms with Gasteiger partial charge in [0, 0.05) is 18.7 Å². The highest BCUT2D eigenvalue weighted by Gasteiger charge is 2.21. The molecule has 2 aromatic heterocycles. The summed E-state index contributed by atoms with van der Waals surface area (Å²) in [6.07, 6.45) is 3.06. The molecule has 0 saturated heterocycles. The fraction of sp³-hybridized carbons (Fsp3) is 0.368.